The number of aromatic nitrogens is 1. The number of carbonyl (C=O) groups is 2. The fraction of sp³-hybridized carbons (Fsp3) is 0.368. The van der Waals surface area contributed by atoms with Gasteiger partial charge in [-0.05, 0) is 45.4 Å². The summed E-state index contributed by atoms with van der Waals surface area (Å²) >= 11 is 0. The maximum Gasteiger partial charge on any atom is 0.413 e. The molecule has 2 rings (SSSR count). The molecule has 0 saturated carbocycles. The Morgan fingerprint density at radius 3 is 2.75 bits per heavy atom. The maximum absolute atomic E-state index is 12.6. The third-order valence-electron chi connectivity index (χ3n) is 3.92. The Morgan fingerprint density at radius 2 is 2.14 bits per heavy atom. The molecule has 1 aliphatic rings. The SMILES string of the molecule is C=C1C(CNC=O)=C(n2cccc(N)c2=O)C(NC(=O)OC(C)(C)C)=NC1C. The Labute approximate surface area is 163 Å². The summed E-state index contributed by atoms with van der Waals surface area (Å²) in [5, 5.41) is 5.17. The number of nitrogens with one attached hydrogen (secondary N) is 2. The molecule has 0 fully saturated rings. The van der Waals surface area contributed by atoms with Gasteiger partial charge < -0.3 is 15.8 Å². The number of nitrogen functional groups attached to an aromatic ring is 1. The molecule has 9 heteroatoms. The lowest BCUT2D eigenvalue weighted by atomic mass is 9.95. The molecule has 150 valence electrons. The number of rotatable bonds is 4. The summed E-state index contributed by atoms with van der Waals surface area (Å²) in [5.41, 5.74) is 6.02. The van der Waals surface area contributed by atoms with E-state index in [0.29, 0.717) is 17.6 Å². The lowest BCUT2D eigenvalue weighted by Gasteiger charge is -2.28. The summed E-state index contributed by atoms with van der Waals surface area (Å²) in [5.74, 6) is 0.129. The Balaban J connectivity index is 2.61. The standard InChI is InChI=1S/C19H25N5O4/c1-11-12(2)22-16(23-18(27)28-19(3,4)5)15(13(11)9-21-10-25)24-8-6-7-14(20)17(24)26/h6-8,10,12H,1,9,20H2,2-5H3,(H,21,25)(H,22,23,27). The van der Waals surface area contributed by atoms with Gasteiger partial charge in [0.2, 0.25) is 6.41 Å². The van der Waals surface area contributed by atoms with Gasteiger partial charge in [-0.25, -0.2) is 4.79 Å². The zero-order valence-corrected chi connectivity index (χ0v) is 16.4. The summed E-state index contributed by atoms with van der Waals surface area (Å²) in [7, 11) is 0. The van der Waals surface area contributed by atoms with E-state index in [0.717, 1.165) is 0 Å². The third kappa shape index (κ3) is 4.67. The van der Waals surface area contributed by atoms with Crippen LogP contribution in [0, 0.1) is 0 Å². The van der Waals surface area contributed by atoms with E-state index in [1.54, 1.807) is 33.8 Å². The van der Waals surface area contributed by atoms with Crippen molar-refractivity contribution in [2.75, 3.05) is 12.3 Å². The molecule has 0 saturated heterocycles. The van der Waals surface area contributed by atoms with Gasteiger partial charge in [0.15, 0.2) is 5.84 Å². The number of aliphatic imine (C=N–C) groups is 1. The quantitative estimate of drug-likeness (QED) is 0.670. The minimum atomic E-state index is -0.719. The molecule has 1 atom stereocenters. The number of hydrogen-bond acceptors (Lipinski definition) is 6. The second-order valence-corrected chi connectivity index (χ2v) is 7.27. The van der Waals surface area contributed by atoms with Crippen molar-refractivity contribution in [3.8, 4) is 0 Å². The van der Waals surface area contributed by atoms with Gasteiger partial charge in [-0.2, -0.15) is 0 Å². The Morgan fingerprint density at radius 1 is 1.46 bits per heavy atom. The van der Waals surface area contributed by atoms with Crippen molar-refractivity contribution in [3.63, 3.8) is 0 Å². The Hall–Kier alpha value is -3.36. The summed E-state index contributed by atoms with van der Waals surface area (Å²) < 4.78 is 6.57. The molecule has 2 amide bonds. The van der Waals surface area contributed by atoms with Crippen molar-refractivity contribution >= 4 is 29.7 Å². The van der Waals surface area contributed by atoms with E-state index in [1.807, 2.05) is 0 Å². The van der Waals surface area contributed by atoms with Crippen LogP contribution in [0.5, 0.6) is 0 Å². The van der Waals surface area contributed by atoms with Crippen LogP contribution in [0.4, 0.5) is 10.5 Å². The number of pyridine rings is 1. The molecule has 0 bridgehead atoms. The van der Waals surface area contributed by atoms with Gasteiger partial charge in [-0.3, -0.25) is 24.5 Å². The summed E-state index contributed by atoms with van der Waals surface area (Å²) in [6.45, 7) is 11.1. The molecule has 1 unspecified atom stereocenters. The number of amidine groups is 1. The third-order valence-corrected chi connectivity index (χ3v) is 3.92. The van der Waals surface area contributed by atoms with Crippen molar-refractivity contribution < 1.29 is 14.3 Å². The van der Waals surface area contributed by atoms with Crippen molar-refractivity contribution in [1.82, 2.24) is 15.2 Å². The smallest absolute Gasteiger partial charge is 0.413 e. The van der Waals surface area contributed by atoms with Crippen molar-refractivity contribution in [2.45, 2.75) is 39.3 Å². The van der Waals surface area contributed by atoms with Crippen LogP contribution in [0.2, 0.25) is 0 Å². The first kappa shape index (κ1) is 20.9. The minimum absolute atomic E-state index is 0.0264. The molecule has 9 nitrogen and oxygen atoms in total. The average molecular weight is 387 g/mol. The number of alkyl carbamates (subject to hydrolysis) is 1. The first-order chi connectivity index (χ1) is 13.0. The normalized spacial score (nSPS) is 17.1. The largest absolute Gasteiger partial charge is 0.444 e. The molecular weight excluding hydrogens is 362 g/mol. The average Bonchev–Trinajstić information content (AvgIpc) is 2.58. The monoisotopic (exact) mass is 387 g/mol. The summed E-state index contributed by atoms with van der Waals surface area (Å²) in [6.07, 6.45) is 1.32. The van der Waals surface area contributed by atoms with Crippen molar-refractivity contribution in [2.24, 2.45) is 4.99 Å². The topological polar surface area (TPSA) is 128 Å². The van der Waals surface area contributed by atoms with Crippen LogP contribution in [0.1, 0.15) is 27.7 Å². The molecule has 28 heavy (non-hydrogen) atoms. The molecule has 0 spiro atoms. The zero-order valence-electron chi connectivity index (χ0n) is 16.4. The molecule has 4 N–H and O–H groups in total. The molecular formula is C19H25N5O4. The van der Waals surface area contributed by atoms with Crippen molar-refractivity contribution in [3.05, 3.63) is 46.4 Å². The van der Waals surface area contributed by atoms with Crippen LogP contribution in [-0.4, -0.2) is 41.1 Å². The van der Waals surface area contributed by atoms with E-state index in [9.17, 15) is 14.4 Å². The van der Waals surface area contributed by atoms with Gasteiger partial charge in [0.05, 0.1) is 17.4 Å². The number of hydrogen-bond donors (Lipinski definition) is 3. The molecule has 1 aliphatic heterocycles. The van der Waals surface area contributed by atoms with Crippen LogP contribution < -0.4 is 21.9 Å². The van der Waals surface area contributed by atoms with Gasteiger partial charge >= 0.3 is 6.09 Å². The van der Waals surface area contributed by atoms with Crippen LogP contribution >= 0.6 is 0 Å². The highest BCUT2D eigenvalue weighted by atomic mass is 16.6. The van der Waals surface area contributed by atoms with Crippen LogP contribution in [0.3, 0.4) is 0 Å². The lowest BCUT2D eigenvalue weighted by molar-refractivity contribution is -0.109. The highest BCUT2D eigenvalue weighted by Gasteiger charge is 2.29. The summed E-state index contributed by atoms with van der Waals surface area (Å²) in [4.78, 5) is 40.2. The highest BCUT2D eigenvalue weighted by molar-refractivity contribution is 6.23. The maximum atomic E-state index is 12.6. The fourth-order valence-electron chi connectivity index (χ4n) is 2.66. The molecule has 0 radical (unpaired) electrons. The van der Waals surface area contributed by atoms with E-state index >= 15 is 0 Å². The van der Waals surface area contributed by atoms with E-state index in [-0.39, 0.29) is 29.8 Å². The van der Waals surface area contributed by atoms with E-state index in [1.165, 1.54) is 16.8 Å². The van der Waals surface area contributed by atoms with Gasteiger partial charge in [-0.15, -0.1) is 0 Å². The lowest BCUT2D eigenvalue weighted by Crippen LogP contribution is -2.42. The van der Waals surface area contributed by atoms with Crippen LogP contribution in [0.25, 0.3) is 5.70 Å². The number of dihydropyridines is 1. The van der Waals surface area contributed by atoms with Crippen LogP contribution in [0.15, 0.2) is 45.8 Å². The molecule has 0 aromatic carbocycles. The molecule has 2 heterocycles. The summed E-state index contributed by atoms with van der Waals surface area (Å²) in [6, 6.07) is 2.69. The number of carbonyl (C=O) groups excluding carboxylic acids is 2. The zero-order chi connectivity index (χ0) is 21.1. The second kappa shape index (κ2) is 8.12. The second-order valence-electron chi connectivity index (χ2n) is 7.27. The number of nitrogens with two attached hydrogens (primary N) is 1. The van der Waals surface area contributed by atoms with Crippen LogP contribution in [-0.2, 0) is 9.53 Å². The predicted molar refractivity (Wildman–Crippen MR) is 108 cm³/mol. The first-order valence-corrected chi connectivity index (χ1v) is 8.70. The Bertz CT molecular complexity index is 921. The fourth-order valence-corrected chi connectivity index (χ4v) is 2.66. The minimum Gasteiger partial charge on any atom is -0.444 e. The molecule has 0 aliphatic carbocycles. The first-order valence-electron chi connectivity index (χ1n) is 8.70. The predicted octanol–water partition coefficient (Wildman–Crippen LogP) is 1.27. The van der Waals surface area contributed by atoms with Gasteiger partial charge in [0.1, 0.15) is 5.60 Å². The number of nitrogens with zero attached hydrogens (tertiary/aromatic N) is 2. The van der Waals surface area contributed by atoms with Gasteiger partial charge in [-0.1, -0.05) is 6.58 Å². The van der Waals surface area contributed by atoms with E-state index in [2.05, 4.69) is 22.2 Å². The highest BCUT2D eigenvalue weighted by Crippen LogP contribution is 2.27. The number of amides is 2. The van der Waals surface area contributed by atoms with Crippen molar-refractivity contribution in [1.29, 1.82) is 0 Å². The number of ether oxygens (including phenoxy) is 1. The Kier molecular flexibility index (Phi) is 6.07. The number of anilines is 1. The van der Waals surface area contributed by atoms with Gasteiger partial charge in [0.25, 0.3) is 5.56 Å². The van der Waals surface area contributed by atoms with Gasteiger partial charge in [0, 0.05) is 18.3 Å². The molecule has 1 aromatic heterocycles. The molecule has 1 aromatic rings. The van der Waals surface area contributed by atoms with E-state index < -0.39 is 17.3 Å². The van der Waals surface area contributed by atoms with E-state index in [4.69, 9.17) is 10.5 Å².